The summed E-state index contributed by atoms with van der Waals surface area (Å²) in [5, 5.41) is 3.94. The van der Waals surface area contributed by atoms with Gasteiger partial charge in [-0.1, -0.05) is 35.3 Å². The van der Waals surface area contributed by atoms with Gasteiger partial charge in [-0.25, -0.2) is 8.42 Å². The van der Waals surface area contributed by atoms with Gasteiger partial charge in [-0.2, -0.15) is 0 Å². The molecule has 0 saturated heterocycles. The summed E-state index contributed by atoms with van der Waals surface area (Å²) in [4.78, 5) is 12.3. The summed E-state index contributed by atoms with van der Waals surface area (Å²) in [6.07, 6.45) is 1.15. The zero-order chi connectivity index (χ0) is 23.1. The van der Waals surface area contributed by atoms with Crippen LogP contribution in [0.1, 0.15) is 15.9 Å². The number of carbonyl (C=O) groups is 1. The SMILES string of the molecule is CS(=O)(=O)N(Cc1ccc(C(=O)NCCOc2ccc(Cl)cc2)cc1)c1ccc(Cl)cc1. The maximum atomic E-state index is 12.3. The van der Waals surface area contributed by atoms with Crippen LogP contribution in [0.25, 0.3) is 0 Å². The first kappa shape index (κ1) is 23.9. The van der Waals surface area contributed by atoms with Crippen molar-refractivity contribution in [3.05, 3.63) is 94.0 Å². The molecule has 0 aliphatic heterocycles. The molecular formula is C23H22Cl2N2O4S. The average Bonchev–Trinajstić information content (AvgIpc) is 2.76. The van der Waals surface area contributed by atoms with Crippen molar-refractivity contribution in [2.24, 2.45) is 0 Å². The van der Waals surface area contributed by atoms with Crippen LogP contribution in [-0.4, -0.2) is 33.7 Å². The smallest absolute Gasteiger partial charge is 0.251 e. The van der Waals surface area contributed by atoms with Crippen LogP contribution in [0, 0.1) is 0 Å². The van der Waals surface area contributed by atoms with Gasteiger partial charge in [0.15, 0.2) is 0 Å². The Kier molecular flexibility index (Phi) is 8.01. The Labute approximate surface area is 197 Å². The number of nitrogens with zero attached hydrogens (tertiary/aromatic N) is 1. The maximum absolute atomic E-state index is 12.3. The van der Waals surface area contributed by atoms with E-state index < -0.39 is 10.0 Å². The third kappa shape index (κ3) is 6.88. The molecule has 1 N–H and O–H groups in total. The molecule has 3 rings (SSSR count). The van der Waals surface area contributed by atoms with E-state index in [2.05, 4.69) is 5.32 Å². The quantitative estimate of drug-likeness (QED) is 0.436. The summed E-state index contributed by atoms with van der Waals surface area (Å²) < 4.78 is 31.4. The number of sulfonamides is 1. The lowest BCUT2D eigenvalue weighted by Gasteiger charge is -2.22. The minimum atomic E-state index is -3.51. The van der Waals surface area contributed by atoms with Crippen molar-refractivity contribution in [2.45, 2.75) is 6.54 Å². The molecule has 0 saturated carbocycles. The summed E-state index contributed by atoms with van der Waals surface area (Å²) in [5.41, 5.74) is 1.73. The van der Waals surface area contributed by atoms with E-state index in [1.165, 1.54) is 4.31 Å². The van der Waals surface area contributed by atoms with Crippen LogP contribution in [-0.2, 0) is 16.6 Å². The second kappa shape index (κ2) is 10.7. The van der Waals surface area contributed by atoms with Gasteiger partial charge in [0.1, 0.15) is 12.4 Å². The highest BCUT2D eigenvalue weighted by atomic mass is 35.5. The van der Waals surface area contributed by atoms with Gasteiger partial charge in [-0.3, -0.25) is 9.10 Å². The molecule has 6 nitrogen and oxygen atoms in total. The molecule has 0 heterocycles. The van der Waals surface area contributed by atoms with E-state index in [9.17, 15) is 13.2 Å². The Balaban J connectivity index is 1.56. The number of hydrogen-bond acceptors (Lipinski definition) is 4. The predicted octanol–water partition coefficient (Wildman–Crippen LogP) is 4.77. The number of hydrogen-bond donors (Lipinski definition) is 1. The molecule has 32 heavy (non-hydrogen) atoms. The summed E-state index contributed by atoms with van der Waals surface area (Å²) >= 11 is 11.7. The lowest BCUT2D eigenvalue weighted by atomic mass is 10.1. The number of ether oxygens (including phenoxy) is 1. The Morgan fingerprint density at radius 2 is 1.47 bits per heavy atom. The van der Waals surface area contributed by atoms with E-state index in [0.717, 1.165) is 11.8 Å². The summed E-state index contributed by atoms with van der Waals surface area (Å²) in [5.74, 6) is 0.429. The van der Waals surface area contributed by atoms with Crippen LogP contribution in [0.2, 0.25) is 10.0 Å². The second-order valence-electron chi connectivity index (χ2n) is 7.00. The van der Waals surface area contributed by atoms with Crippen LogP contribution in [0.5, 0.6) is 5.75 Å². The normalized spacial score (nSPS) is 11.1. The monoisotopic (exact) mass is 492 g/mol. The van der Waals surface area contributed by atoms with E-state index in [0.29, 0.717) is 40.2 Å². The molecular weight excluding hydrogens is 471 g/mol. The Hall–Kier alpha value is -2.74. The van der Waals surface area contributed by atoms with Crippen molar-refractivity contribution in [3.63, 3.8) is 0 Å². The Bertz CT molecular complexity index is 1150. The predicted molar refractivity (Wildman–Crippen MR) is 128 cm³/mol. The summed E-state index contributed by atoms with van der Waals surface area (Å²) in [6.45, 7) is 0.787. The molecule has 0 aliphatic rings. The maximum Gasteiger partial charge on any atom is 0.251 e. The third-order valence-electron chi connectivity index (χ3n) is 4.53. The van der Waals surface area contributed by atoms with Crippen LogP contribution < -0.4 is 14.4 Å². The fourth-order valence-electron chi connectivity index (χ4n) is 2.90. The standard InChI is InChI=1S/C23H22Cl2N2O4S/c1-32(29,30)27(21-10-6-19(24)7-11-21)16-17-2-4-18(5-3-17)23(28)26-14-15-31-22-12-8-20(25)9-13-22/h2-13H,14-16H2,1H3,(H,26,28). The van der Waals surface area contributed by atoms with Crippen molar-refractivity contribution in [1.29, 1.82) is 0 Å². The Morgan fingerprint density at radius 3 is 2.03 bits per heavy atom. The van der Waals surface area contributed by atoms with Gasteiger partial charge in [0.25, 0.3) is 5.91 Å². The fraction of sp³-hybridized carbons (Fsp3) is 0.174. The van der Waals surface area contributed by atoms with Crippen LogP contribution in [0.4, 0.5) is 5.69 Å². The van der Waals surface area contributed by atoms with Gasteiger partial charge in [-0.15, -0.1) is 0 Å². The van der Waals surface area contributed by atoms with Crippen LogP contribution in [0.15, 0.2) is 72.8 Å². The first-order chi connectivity index (χ1) is 15.2. The van der Waals surface area contributed by atoms with Gasteiger partial charge >= 0.3 is 0 Å². The number of halogens is 2. The number of anilines is 1. The van der Waals surface area contributed by atoms with E-state index in [4.69, 9.17) is 27.9 Å². The number of amides is 1. The molecule has 3 aromatic rings. The summed E-state index contributed by atoms with van der Waals surface area (Å²) in [7, 11) is -3.51. The van der Waals surface area contributed by atoms with Gasteiger partial charge in [-0.05, 0) is 66.2 Å². The zero-order valence-corrected chi connectivity index (χ0v) is 19.6. The average molecular weight is 493 g/mol. The van der Waals surface area contributed by atoms with Crippen LogP contribution in [0.3, 0.4) is 0 Å². The van der Waals surface area contributed by atoms with Gasteiger partial charge in [0.2, 0.25) is 10.0 Å². The first-order valence-corrected chi connectivity index (χ1v) is 12.3. The lowest BCUT2D eigenvalue weighted by molar-refractivity contribution is 0.0947. The van der Waals surface area contributed by atoms with Crippen molar-refractivity contribution in [2.75, 3.05) is 23.7 Å². The van der Waals surface area contributed by atoms with Crippen molar-refractivity contribution in [1.82, 2.24) is 5.32 Å². The van der Waals surface area contributed by atoms with Gasteiger partial charge in [0.05, 0.1) is 25.0 Å². The molecule has 168 valence electrons. The van der Waals surface area contributed by atoms with Crippen molar-refractivity contribution in [3.8, 4) is 5.75 Å². The van der Waals surface area contributed by atoms with Crippen molar-refractivity contribution >= 4 is 44.8 Å². The molecule has 1 amide bonds. The number of carbonyl (C=O) groups excluding carboxylic acids is 1. The highest BCUT2D eigenvalue weighted by Crippen LogP contribution is 2.23. The zero-order valence-electron chi connectivity index (χ0n) is 17.3. The van der Waals surface area contributed by atoms with Gasteiger partial charge < -0.3 is 10.1 Å². The van der Waals surface area contributed by atoms with E-state index in [1.807, 2.05) is 0 Å². The molecule has 0 aromatic heterocycles. The highest BCUT2D eigenvalue weighted by Gasteiger charge is 2.18. The van der Waals surface area contributed by atoms with E-state index >= 15 is 0 Å². The first-order valence-electron chi connectivity index (χ1n) is 9.71. The number of nitrogens with one attached hydrogen (secondary N) is 1. The molecule has 3 aromatic carbocycles. The highest BCUT2D eigenvalue weighted by molar-refractivity contribution is 7.92. The minimum Gasteiger partial charge on any atom is -0.492 e. The fourth-order valence-corrected chi connectivity index (χ4v) is 4.04. The van der Waals surface area contributed by atoms with Gasteiger partial charge in [0, 0.05) is 15.6 Å². The van der Waals surface area contributed by atoms with Crippen LogP contribution >= 0.6 is 23.2 Å². The lowest BCUT2D eigenvalue weighted by Crippen LogP contribution is -2.29. The van der Waals surface area contributed by atoms with Crippen molar-refractivity contribution < 1.29 is 17.9 Å². The topological polar surface area (TPSA) is 75.7 Å². The molecule has 0 fully saturated rings. The second-order valence-corrected chi connectivity index (χ2v) is 9.78. The molecule has 9 heteroatoms. The molecule has 0 bridgehead atoms. The molecule has 0 unspecified atom stereocenters. The molecule has 0 spiro atoms. The molecule has 0 radical (unpaired) electrons. The number of benzene rings is 3. The molecule has 0 atom stereocenters. The third-order valence-corrected chi connectivity index (χ3v) is 6.17. The minimum absolute atomic E-state index is 0.136. The number of rotatable bonds is 9. The van der Waals surface area contributed by atoms with E-state index in [-0.39, 0.29) is 12.5 Å². The largest absolute Gasteiger partial charge is 0.492 e. The summed E-state index contributed by atoms with van der Waals surface area (Å²) in [6, 6.07) is 20.3. The Morgan fingerprint density at radius 1 is 0.906 bits per heavy atom. The molecule has 0 aliphatic carbocycles. The van der Waals surface area contributed by atoms with E-state index in [1.54, 1.807) is 72.8 Å².